The van der Waals surface area contributed by atoms with Gasteiger partial charge in [-0.2, -0.15) is 0 Å². The number of phosphoric acid groups is 1. The number of allylic oxidation sites excluding steroid dienone is 10. The number of aliphatic hydroxyl groups excluding tert-OH is 10. The second-order valence-corrected chi connectivity index (χ2v) is 30.3. The van der Waals surface area contributed by atoms with E-state index in [1.54, 1.807) is 13.0 Å². The minimum Gasteiger partial charge on any atom is -0.510 e. The molecule has 40 heteroatoms. The van der Waals surface area contributed by atoms with Gasteiger partial charge in [0.1, 0.15) is 90.2 Å². The van der Waals surface area contributed by atoms with Crippen molar-refractivity contribution in [1.82, 2.24) is 16.0 Å². The zero-order valence-corrected chi connectivity index (χ0v) is 64.2. The largest absolute Gasteiger partial charge is 0.510 e. The molecule has 1 aliphatic carbocycles. The van der Waals surface area contributed by atoms with Crippen LogP contribution in [0.25, 0.3) is 0 Å². The highest BCUT2D eigenvalue weighted by Gasteiger charge is 2.62. The van der Waals surface area contributed by atoms with E-state index in [2.05, 4.69) is 75.4 Å². The van der Waals surface area contributed by atoms with Crippen molar-refractivity contribution in [3.8, 4) is 0 Å². The molecular formula is C70H112N5O34P. The third kappa shape index (κ3) is 27.6. The van der Waals surface area contributed by atoms with E-state index in [1.165, 1.54) is 25.0 Å². The van der Waals surface area contributed by atoms with Crippen molar-refractivity contribution in [1.29, 1.82) is 0 Å². The fourth-order valence-corrected chi connectivity index (χ4v) is 13.0. The fraction of sp³-hybridized carbons (Fsp3) is 0.729. The van der Waals surface area contributed by atoms with Crippen LogP contribution in [0.2, 0.25) is 0 Å². The molecule has 4 aliphatic heterocycles. The van der Waals surface area contributed by atoms with E-state index in [1.807, 2.05) is 6.08 Å². The Morgan fingerprint density at radius 3 is 2.00 bits per heavy atom. The van der Waals surface area contributed by atoms with Gasteiger partial charge in [0.05, 0.1) is 45.2 Å². The van der Waals surface area contributed by atoms with Gasteiger partial charge in [0.15, 0.2) is 67.8 Å². The summed E-state index contributed by atoms with van der Waals surface area (Å²) < 4.78 is 89.1. The van der Waals surface area contributed by atoms with Crippen LogP contribution in [-0.4, -0.2) is 294 Å². The van der Waals surface area contributed by atoms with Crippen molar-refractivity contribution in [3.05, 3.63) is 70.7 Å². The molecule has 626 valence electrons. The number of ether oxygens (including phenoxy) is 11. The smallest absolute Gasteiger partial charge is 0.474 e. The Morgan fingerprint density at radius 2 is 1.41 bits per heavy atom. The Kier molecular flexibility index (Phi) is 36.8. The molecular weight excluding hydrogens is 1490 g/mol. The van der Waals surface area contributed by atoms with Crippen molar-refractivity contribution in [2.75, 3.05) is 33.0 Å². The number of aliphatic carboxylic acids is 1. The van der Waals surface area contributed by atoms with Crippen molar-refractivity contribution in [3.63, 3.8) is 0 Å². The van der Waals surface area contributed by atoms with Crippen LogP contribution in [0.15, 0.2) is 70.7 Å². The van der Waals surface area contributed by atoms with Gasteiger partial charge in [0.25, 0.3) is 5.91 Å². The van der Waals surface area contributed by atoms with Gasteiger partial charge in [-0.3, -0.25) is 33.0 Å². The maximum atomic E-state index is 14.1. The van der Waals surface area contributed by atoms with E-state index in [0.717, 1.165) is 64.0 Å². The number of hydrogen-bond donors (Lipinski definition) is 18. The van der Waals surface area contributed by atoms with Crippen molar-refractivity contribution in [2.45, 2.75) is 287 Å². The second kappa shape index (κ2) is 42.8. The number of amides is 5. The molecule has 5 rings (SSSR count). The summed E-state index contributed by atoms with van der Waals surface area (Å²) in [5.41, 5.74) is 12.0. The summed E-state index contributed by atoms with van der Waals surface area (Å²) in [5.74, 6) is -7.47. The molecule has 0 aromatic rings. The number of nitrogens with one attached hydrogen (secondary N) is 3. The number of carbonyl (C=O) groups excluding carboxylic acids is 6. The van der Waals surface area contributed by atoms with Gasteiger partial charge in [-0.15, -0.1) is 0 Å². The number of hydrogen-bond acceptors (Lipinski definition) is 32. The zero-order valence-electron chi connectivity index (χ0n) is 63.3. The van der Waals surface area contributed by atoms with Crippen LogP contribution >= 0.6 is 7.82 Å². The van der Waals surface area contributed by atoms with E-state index in [4.69, 9.17) is 72.6 Å². The summed E-state index contributed by atoms with van der Waals surface area (Å²) >= 11 is 0. The third-order valence-corrected chi connectivity index (χ3v) is 19.6. The Bertz CT molecular complexity index is 3330. The first-order valence-corrected chi connectivity index (χ1v) is 37.2. The average Bonchev–Trinajstić information content (AvgIpc) is 0.818. The molecule has 20 N–H and O–H groups in total. The number of Topliss-reactive ketones (excluding diaryl/α,β-unsaturated/α-hetero) is 1. The van der Waals surface area contributed by atoms with E-state index in [9.17, 15) is 104 Å². The number of nitrogens with two attached hydrogens (primary N) is 2. The normalized spacial score (nSPS) is 32.4. The fourth-order valence-electron chi connectivity index (χ4n) is 12.2. The number of carbonyl (C=O) groups is 7. The number of ketones is 1. The first kappa shape index (κ1) is 94.4. The number of carboxylic acids is 1. The van der Waals surface area contributed by atoms with Crippen molar-refractivity contribution in [2.24, 2.45) is 16.9 Å². The lowest BCUT2D eigenvalue weighted by Crippen LogP contribution is -2.72. The number of rotatable bonds is 42. The zero-order chi connectivity index (χ0) is 82.6. The predicted octanol–water partition coefficient (Wildman–Crippen LogP) is -1.39. The third-order valence-electron chi connectivity index (χ3n) is 18.6. The van der Waals surface area contributed by atoms with Gasteiger partial charge in [-0.05, 0) is 98.8 Å². The van der Waals surface area contributed by atoms with Crippen molar-refractivity contribution >= 4 is 49.3 Å². The molecule has 0 aromatic heterocycles. The highest BCUT2D eigenvalue weighted by atomic mass is 31.2. The van der Waals surface area contributed by atoms with Gasteiger partial charge in [-0.25, -0.2) is 14.2 Å². The number of primary amides is 2. The summed E-state index contributed by atoms with van der Waals surface area (Å²) in [4.78, 5) is 102. The Balaban J connectivity index is 1.43. The Hall–Kier alpha value is -6.16. The molecule has 0 radical (unpaired) electrons. The predicted molar refractivity (Wildman–Crippen MR) is 379 cm³/mol. The minimum atomic E-state index is -5.85. The molecule has 5 amide bonds. The van der Waals surface area contributed by atoms with Crippen LogP contribution in [0, 0.1) is 5.41 Å². The highest BCUT2D eigenvalue weighted by Crippen LogP contribution is 2.49. The van der Waals surface area contributed by atoms with E-state index in [0.29, 0.717) is 12.8 Å². The molecule has 4 heterocycles. The Labute approximate surface area is 636 Å². The van der Waals surface area contributed by atoms with E-state index >= 15 is 0 Å². The molecule has 110 heavy (non-hydrogen) atoms. The summed E-state index contributed by atoms with van der Waals surface area (Å²) in [5, 5.41) is 138. The molecule has 39 nitrogen and oxygen atoms in total. The SMILES string of the molecule is C=C(C/C=C(\C)CCC=C(C)C)CCC(C)(C)/C=C/CC/C(C)=C\CO[C@H](COP(=O)(O)O[C@H]1OC(C(N)=O)[C@@](C)(O)[C@H](OC(N)=O)C1O[C@@H]1OC(CO[C@@H]2OC(CO)[C@@H](O)C(O)[C@@H]2O)[C@@H](O[C@H](OC(C)[C@H](CO)O[C@@H]2OC(C(=O)NC3=C(O)CCC3=O)[C@H](O)C(O)[C@@H]2O)[C@H](C)NC(C)=O)C(O)[C@@H]1NC(C)=O)C(=O)O. The minimum absolute atomic E-state index is 0.124. The molecule has 5 aliphatic rings. The van der Waals surface area contributed by atoms with Crippen LogP contribution in [-0.2, 0) is 94.5 Å². The summed E-state index contributed by atoms with van der Waals surface area (Å²) in [6.07, 6.45) is -33.0. The molecule has 0 saturated carbocycles. The summed E-state index contributed by atoms with van der Waals surface area (Å²) in [7, 11) is -5.85. The first-order valence-electron chi connectivity index (χ1n) is 35.7. The highest BCUT2D eigenvalue weighted by molar-refractivity contribution is 7.47. The lowest BCUT2D eigenvalue weighted by atomic mass is 9.85. The maximum absolute atomic E-state index is 14.1. The van der Waals surface area contributed by atoms with Crippen LogP contribution < -0.4 is 27.4 Å². The average molecular weight is 1600 g/mol. The van der Waals surface area contributed by atoms with Gasteiger partial charge in [-0.1, -0.05) is 73.1 Å². The van der Waals surface area contributed by atoms with Gasteiger partial charge in [0.2, 0.25) is 17.7 Å². The lowest BCUT2D eigenvalue weighted by molar-refractivity contribution is -0.368. The molecule has 0 aromatic carbocycles. The molecule has 0 bridgehead atoms. The van der Waals surface area contributed by atoms with E-state index in [-0.39, 0.29) is 24.9 Å². The molecule has 10 unspecified atom stereocenters. The maximum Gasteiger partial charge on any atom is 0.474 e. The number of carboxylic acid groups (broad SMARTS) is 1. The molecule has 4 saturated heterocycles. The standard InChI is InChI=1S/C70H112N5O34P/c1-32(2)16-15-18-33(3)19-20-35(5)23-26-69(10,11)25-14-13-17-34(4)24-27-97-45(62(91)92)31-99-110(95,96)109-67-57(58(108-68(72)93)70(12,94)59(107-67)60(71)89)106-64-47(74-39(9)79)49(83)55(44(103-64)30-98-65-53(87)50(84)48(82)43(29-77)102-65)104-63(36(6)73-38(8)78)100-37(7)42(28-76)101-66-54(88)51(85)52(86)56(105-66)61(90)75-46-40(80)21-22-41(46)81/h14,16,19,24-25,36-37,42-45,47-59,63-67,76-77,80,82-88,94H,5,13,15,17-18,20-23,26-31H2,1-4,6-12H3,(H2,71,89)(H2,72,93)(H,73,78)(H,74,79)(H,75,90)(H,91,92)(H,95,96)/b25-14+,33-19+,34-24-/t36-,37?,42-,43?,44?,45+,47-,48+,49?,50?,51?,52+,53-,54-,55+,56?,57?,58+,59?,63-,64-,65+,66+,67+,70-/m0/s1. The monoisotopic (exact) mass is 1600 g/mol. The molecule has 4 fully saturated rings. The van der Waals surface area contributed by atoms with Crippen LogP contribution in [0.3, 0.4) is 0 Å². The lowest BCUT2D eigenvalue weighted by Gasteiger charge is -2.51. The summed E-state index contributed by atoms with van der Waals surface area (Å²) in [6.45, 7) is 17.1. The van der Waals surface area contributed by atoms with Crippen LogP contribution in [0.5, 0.6) is 0 Å². The summed E-state index contributed by atoms with van der Waals surface area (Å²) in [6, 6.07) is -3.50. The Morgan fingerprint density at radius 1 is 0.773 bits per heavy atom. The topological polar surface area (TPSA) is 608 Å². The van der Waals surface area contributed by atoms with E-state index < -0.39 is 240 Å². The number of aliphatic hydroxyl groups is 11. The molecule has 26 atom stereocenters. The van der Waals surface area contributed by atoms with Gasteiger partial charge < -0.3 is 146 Å². The molecule has 0 spiro atoms. The van der Waals surface area contributed by atoms with Gasteiger partial charge >= 0.3 is 19.9 Å². The second-order valence-electron chi connectivity index (χ2n) is 28.9. The number of phosphoric ester groups is 1. The van der Waals surface area contributed by atoms with Crippen molar-refractivity contribution < 1.29 is 165 Å². The van der Waals surface area contributed by atoms with Gasteiger partial charge in [0, 0.05) is 26.7 Å². The van der Waals surface area contributed by atoms with Crippen LogP contribution in [0.4, 0.5) is 4.79 Å². The van der Waals surface area contributed by atoms with Crippen LogP contribution in [0.1, 0.15) is 134 Å². The quantitative estimate of drug-likeness (QED) is 0.0190. The first-order chi connectivity index (χ1) is 51.3.